The molecule has 0 aliphatic carbocycles. The van der Waals surface area contributed by atoms with Crippen LogP contribution >= 0.6 is 0 Å². The number of ketones is 1. The third-order valence-electron chi connectivity index (χ3n) is 7.61. The maximum absolute atomic E-state index is 13.6. The Kier molecular flexibility index (Phi) is 7.83. The topological polar surface area (TPSA) is 98.2 Å². The fourth-order valence-electron chi connectivity index (χ4n) is 5.62. The van der Waals surface area contributed by atoms with Crippen molar-refractivity contribution < 1.29 is 28.9 Å². The third-order valence-corrected chi connectivity index (χ3v) is 7.61. The number of ether oxygens (including phenoxy) is 3. The van der Waals surface area contributed by atoms with Crippen molar-refractivity contribution in [1.29, 1.82) is 0 Å². The number of pyridine rings is 1. The SMILES string of the molecule is CCOc1cc([C@H]2/C(=C(\O)c3ccc4c(c3)C[C@@H](C)O4)C(=O)C(=O)N2Cc2cccnc2)ccc1OCc1ccccc1. The van der Waals surface area contributed by atoms with E-state index in [0.29, 0.717) is 42.3 Å². The van der Waals surface area contributed by atoms with E-state index in [1.165, 1.54) is 4.90 Å². The Labute approximate surface area is 250 Å². The number of nitrogens with zero attached hydrogens (tertiary/aromatic N) is 2. The van der Waals surface area contributed by atoms with Crippen molar-refractivity contribution in [3.63, 3.8) is 0 Å². The van der Waals surface area contributed by atoms with Crippen LogP contribution in [-0.4, -0.2) is 39.4 Å². The van der Waals surface area contributed by atoms with Crippen LogP contribution in [0.25, 0.3) is 5.76 Å². The standard InChI is InChI=1S/C35H32N2O6/c1-3-41-30-18-25(11-14-29(30)42-21-23-8-5-4-6-9-23)32-31(33(38)26-12-13-28-27(17-26)16-22(2)43-28)34(39)35(40)37(32)20-24-10-7-15-36-19-24/h4-15,17-19,22,32,38H,3,16,20-21H2,1-2H3/b33-31+/t22-,32+/m1/s1. The summed E-state index contributed by atoms with van der Waals surface area (Å²) in [6, 6.07) is 23.3. The van der Waals surface area contributed by atoms with Gasteiger partial charge in [-0.05, 0) is 72.5 Å². The molecule has 1 aromatic heterocycles. The lowest BCUT2D eigenvalue weighted by Gasteiger charge is -2.26. The molecule has 0 bridgehead atoms. The number of benzene rings is 3. The summed E-state index contributed by atoms with van der Waals surface area (Å²) in [5, 5.41) is 11.6. The molecule has 1 N–H and O–H groups in total. The third kappa shape index (κ3) is 5.68. The number of aromatic nitrogens is 1. The summed E-state index contributed by atoms with van der Waals surface area (Å²) in [6.45, 7) is 4.72. The molecule has 3 heterocycles. The van der Waals surface area contributed by atoms with Crippen molar-refractivity contribution in [2.24, 2.45) is 0 Å². The van der Waals surface area contributed by atoms with Gasteiger partial charge < -0.3 is 24.2 Å². The number of carbonyl (C=O) groups excluding carboxylic acids is 2. The average Bonchev–Trinajstić information content (AvgIpc) is 3.52. The van der Waals surface area contributed by atoms with E-state index >= 15 is 0 Å². The van der Waals surface area contributed by atoms with Gasteiger partial charge in [-0.15, -0.1) is 0 Å². The second kappa shape index (κ2) is 12.0. The molecular weight excluding hydrogens is 544 g/mol. The number of fused-ring (bicyclic) bond motifs is 1. The Morgan fingerprint density at radius 3 is 2.56 bits per heavy atom. The largest absolute Gasteiger partial charge is 0.507 e. The van der Waals surface area contributed by atoms with Crippen LogP contribution in [0.15, 0.2) is 96.8 Å². The number of likely N-dealkylation sites (tertiary alicyclic amines) is 1. The molecule has 0 spiro atoms. The number of aliphatic hydroxyl groups is 1. The first-order valence-electron chi connectivity index (χ1n) is 14.3. The number of hydrogen-bond acceptors (Lipinski definition) is 7. The van der Waals surface area contributed by atoms with Gasteiger partial charge in [-0.2, -0.15) is 0 Å². The molecule has 6 rings (SSSR count). The Hall–Kier alpha value is -5.11. The van der Waals surface area contributed by atoms with E-state index in [2.05, 4.69) is 4.98 Å². The molecule has 0 unspecified atom stereocenters. The van der Waals surface area contributed by atoms with Gasteiger partial charge in [-0.1, -0.05) is 42.5 Å². The summed E-state index contributed by atoms with van der Waals surface area (Å²) in [5.41, 5.74) is 3.78. The van der Waals surface area contributed by atoms with Gasteiger partial charge in [0.05, 0.1) is 18.2 Å². The molecule has 0 saturated carbocycles. The predicted molar refractivity (Wildman–Crippen MR) is 161 cm³/mol. The van der Waals surface area contributed by atoms with Crippen LogP contribution in [0.1, 0.15) is 47.7 Å². The van der Waals surface area contributed by atoms with Crippen molar-refractivity contribution in [2.75, 3.05) is 6.61 Å². The Morgan fingerprint density at radius 2 is 1.79 bits per heavy atom. The highest BCUT2D eigenvalue weighted by atomic mass is 16.5. The van der Waals surface area contributed by atoms with Crippen LogP contribution in [0.4, 0.5) is 0 Å². The average molecular weight is 577 g/mol. The summed E-state index contributed by atoms with van der Waals surface area (Å²) >= 11 is 0. The molecule has 2 atom stereocenters. The molecule has 1 amide bonds. The van der Waals surface area contributed by atoms with Crippen LogP contribution in [0.5, 0.6) is 17.2 Å². The number of aliphatic hydroxyl groups excluding tert-OH is 1. The second-order valence-corrected chi connectivity index (χ2v) is 10.7. The number of amides is 1. The lowest BCUT2D eigenvalue weighted by Crippen LogP contribution is -2.29. The van der Waals surface area contributed by atoms with Crippen LogP contribution in [0, 0.1) is 0 Å². The maximum Gasteiger partial charge on any atom is 0.295 e. The number of hydrogen-bond donors (Lipinski definition) is 1. The molecule has 2 aliphatic rings. The summed E-state index contributed by atoms with van der Waals surface area (Å²) in [4.78, 5) is 32.8. The highest BCUT2D eigenvalue weighted by molar-refractivity contribution is 6.46. The number of Topliss-reactive ketones (excluding diaryl/α,β-unsaturated/α-hetero) is 1. The first-order valence-corrected chi connectivity index (χ1v) is 14.3. The molecule has 3 aromatic carbocycles. The van der Waals surface area contributed by atoms with Crippen molar-refractivity contribution in [1.82, 2.24) is 9.88 Å². The lowest BCUT2D eigenvalue weighted by atomic mass is 9.94. The Balaban J connectivity index is 1.43. The molecule has 8 nitrogen and oxygen atoms in total. The van der Waals surface area contributed by atoms with Gasteiger partial charge in [-0.3, -0.25) is 14.6 Å². The van der Waals surface area contributed by atoms with Gasteiger partial charge in [0.2, 0.25) is 0 Å². The highest BCUT2D eigenvalue weighted by Gasteiger charge is 2.46. The summed E-state index contributed by atoms with van der Waals surface area (Å²) in [6.07, 6.45) is 4.02. The van der Waals surface area contributed by atoms with Crippen molar-refractivity contribution >= 4 is 17.4 Å². The fraction of sp³-hybridized carbons (Fsp3) is 0.229. The van der Waals surface area contributed by atoms with Gasteiger partial charge in [0.15, 0.2) is 11.5 Å². The molecule has 1 saturated heterocycles. The highest BCUT2D eigenvalue weighted by Crippen LogP contribution is 2.43. The molecule has 218 valence electrons. The maximum atomic E-state index is 13.6. The predicted octanol–water partition coefficient (Wildman–Crippen LogP) is 6.00. The molecule has 0 radical (unpaired) electrons. The van der Waals surface area contributed by atoms with Crippen molar-refractivity contribution in [3.8, 4) is 17.2 Å². The van der Waals surface area contributed by atoms with E-state index in [1.54, 1.807) is 48.8 Å². The van der Waals surface area contributed by atoms with Gasteiger partial charge in [0.1, 0.15) is 24.2 Å². The summed E-state index contributed by atoms with van der Waals surface area (Å²) in [7, 11) is 0. The zero-order valence-electron chi connectivity index (χ0n) is 24.0. The molecule has 1 fully saturated rings. The van der Waals surface area contributed by atoms with Gasteiger partial charge >= 0.3 is 0 Å². The van der Waals surface area contributed by atoms with E-state index in [-0.39, 0.29) is 24.0 Å². The molecule has 8 heteroatoms. The summed E-state index contributed by atoms with van der Waals surface area (Å²) < 4.78 is 17.9. The first kappa shape index (κ1) is 28.0. The van der Waals surface area contributed by atoms with Gasteiger partial charge in [-0.25, -0.2) is 0 Å². The number of rotatable bonds is 9. The number of carbonyl (C=O) groups is 2. The first-order chi connectivity index (χ1) is 20.9. The zero-order chi connectivity index (χ0) is 29.9. The monoisotopic (exact) mass is 576 g/mol. The van der Waals surface area contributed by atoms with E-state index in [1.807, 2.05) is 56.3 Å². The van der Waals surface area contributed by atoms with Crippen LogP contribution < -0.4 is 14.2 Å². The van der Waals surface area contributed by atoms with E-state index in [9.17, 15) is 14.7 Å². The normalized spacial score (nSPS) is 18.8. The van der Waals surface area contributed by atoms with E-state index in [4.69, 9.17) is 14.2 Å². The summed E-state index contributed by atoms with van der Waals surface area (Å²) in [5.74, 6) is 0.0829. The van der Waals surface area contributed by atoms with E-state index < -0.39 is 17.7 Å². The molecule has 4 aromatic rings. The molecular formula is C35H32N2O6. The zero-order valence-corrected chi connectivity index (χ0v) is 24.0. The second-order valence-electron chi connectivity index (χ2n) is 10.7. The smallest absolute Gasteiger partial charge is 0.295 e. The quantitative estimate of drug-likeness (QED) is 0.148. The minimum absolute atomic E-state index is 0.0150. The Morgan fingerprint density at radius 1 is 0.977 bits per heavy atom. The van der Waals surface area contributed by atoms with Crippen molar-refractivity contribution in [2.45, 2.75) is 45.6 Å². The minimum atomic E-state index is -0.869. The minimum Gasteiger partial charge on any atom is -0.507 e. The van der Waals surface area contributed by atoms with Crippen molar-refractivity contribution in [3.05, 3.63) is 125 Å². The van der Waals surface area contributed by atoms with Crippen LogP contribution in [0.3, 0.4) is 0 Å². The van der Waals surface area contributed by atoms with Gasteiger partial charge in [0, 0.05) is 30.9 Å². The fourth-order valence-corrected chi connectivity index (χ4v) is 5.62. The van der Waals surface area contributed by atoms with Crippen LogP contribution in [-0.2, 0) is 29.2 Å². The molecule has 2 aliphatic heterocycles. The van der Waals surface area contributed by atoms with Gasteiger partial charge in [0.25, 0.3) is 11.7 Å². The molecule has 43 heavy (non-hydrogen) atoms. The lowest BCUT2D eigenvalue weighted by molar-refractivity contribution is -0.140. The van der Waals surface area contributed by atoms with E-state index in [0.717, 1.165) is 22.4 Å². The Bertz CT molecular complexity index is 1690. The van der Waals surface area contributed by atoms with Crippen LogP contribution in [0.2, 0.25) is 0 Å².